The van der Waals surface area contributed by atoms with Gasteiger partial charge in [0.1, 0.15) is 5.54 Å². The quantitative estimate of drug-likeness (QED) is 0.773. The van der Waals surface area contributed by atoms with E-state index in [0.717, 1.165) is 12.8 Å². The molecule has 0 radical (unpaired) electrons. The lowest BCUT2D eigenvalue weighted by atomic mass is 9.54. The van der Waals surface area contributed by atoms with Crippen molar-refractivity contribution in [2.45, 2.75) is 57.7 Å². The standard InChI is InChI=1S/C19H29N3O3S.ClH/c1-4-25-15-11-19(20,18(15,2)3)17(24)22-8-5-14(6-9-22)21-16(23)13-7-10-26-12-13;/h7,10,12,14-15H,4-6,8-9,11,20H2,1-3H3,(H,21,23);1H. The van der Waals surface area contributed by atoms with E-state index in [9.17, 15) is 9.59 Å². The molecule has 3 N–H and O–H groups in total. The van der Waals surface area contributed by atoms with Crippen LogP contribution in [0.2, 0.25) is 0 Å². The van der Waals surface area contributed by atoms with Crippen LogP contribution in [0.1, 0.15) is 50.4 Å². The molecule has 3 rings (SSSR count). The second kappa shape index (κ2) is 8.47. The van der Waals surface area contributed by atoms with E-state index in [1.54, 1.807) is 0 Å². The van der Waals surface area contributed by atoms with Crippen LogP contribution < -0.4 is 11.1 Å². The number of ether oxygens (including phenoxy) is 1. The van der Waals surface area contributed by atoms with Crippen LogP contribution in [0.25, 0.3) is 0 Å². The van der Waals surface area contributed by atoms with Gasteiger partial charge in [0.2, 0.25) is 5.91 Å². The van der Waals surface area contributed by atoms with Crippen LogP contribution in [-0.2, 0) is 9.53 Å². The second-order valence-electron chi connectivity index (χ2n) is 7.89. The molecule has 27 heavy (non-hydrogen) atoms. The van der Waals surface area contributed by atoms with Gasteiger partial charge >= 0.3 is 0 Å². The molecule has 2 aliphatic rings. The molecule has 0 aromatic carbocycles. The molecule has 2 fully saturated rings. The maximum atomic E-state index is 13.0. The first-order valence-corrected chi connectivity index (χ1v) is 10.3. The number of likely N-dealkylation sites (tertiary alicyclic amines) is 1. The number of nitrogens with one attached hydrogen (secondary N) is 1. The fourth-order valence-electron chi connectivity index (χ4n) is 3.97. The van der Waals surface area contributed by atoms with E-state index in [1.165, 1.54) is 11.3 Å². The summed E-state index contributed by atoms with van der Waals surface area (Å²) in [5.41, 5.74) is 5.98. The number of carbonyl (C=O) groups is 2. The molecule has 2 amide bonds. The van der Waals surface area contributed by atoms with Gasteiger partial charge < -0.3 is 20.7 Å². The molecule has 0 bridgehead atoms. The lowest BCUT2D eigenvalue weighted by Gasteiger charge is -2.59. The normalized spacial score (nSPS) is 27.4. The average molecular weight is 416 g/mol. The summed E-state index contributed by atoms with van der Waals surface area (Å²) in [6.07, 6.45) is 2.12. The minimum absolute atomic E-state index is 0. The molecular weight excluding hydrogens is 386 g/mol. The van der Waals surface area contributed by atoms with Gasteiger partial charge in [0.05, 0.1) is 6.10 Å². The van der Waals surface area contributed by atoms with E-state index in [-0.39, 0.29) is 41.8 Å². The lowest BCUT2D eigenvalue weighted by Crippen LogP contribution is -2.76. The topological polar surface area (TPSA) is 84.7 Å². The third-order valence-electron chi connectivity index (χ3n) is 6.11. The Bertz CT molecular complexity index is 659. The molecule has 1 saturated heterocycles. The van der Waals surface area contributed by atoms with Crippen molar-refractivity contribution in [1.29, 1.82) is 0 Å². The largest absolute Gasteiger partial charge is 0.378 e. The van der Waals surface area contributed by atoms with Crippen molar-refractivity contribution >= 4 is 35.6 Å². The molecular formula is C19H30ClN3O3S. The smallest absolute Gasteiger partial charge is 0.252 e. The van der Waals surface area contributed by atoms with Gasteiger partial charge in [0.15, 0.2) is 0 Å². The van der Waals surface area contributed by atoms with Crippen molar-refractivity contribution in [3.8, 4) is 0 Å². The number of nitrogens with zero attached hydrogens (tertiary/aromatic N) is 1. The molecule has 152 valence electrons. The van der Waals surface area contributed by atoms with Crippen molar-refractivity contribution in [2.24, 2.45) is 11.1 Å². The zero-order chi connectivity index (χ0) is 18.9. The Balaban J connectivity index is 0.00000261. The van der Waals surface area contributed by atoms with Crippen molar-refractivity contribution in [1.82, 2.24) is 10.2 Å². The van der Waals surface area contributed by atoms with E-state index in [4.69, 9.17) is 10.5 Å². The second-order valence-corrected chi connectivity index (χ2v) is 8.67. The fourth-order valence-corrected chi connectivity index (χ4v) is 4.61. The number of hydrogen-bond acceptors (Lipinski definition) is 5. The van der Waals surface area contributed by atoms with Gasteiger partial charge in [-0.15, -0.1) is 12.4 Å². The number of halogens is 1. The first-order valence-electron chi connectivity index (χ1n) is 9.32. The molecule has 1 aromatic rings. The van der Waals surface area contributed by atoms with Crippen LogP contribution in [0.5, 0.6) is 0 Å². The Kier molecular flexibility index (Phi) is 6.95. The lowest BCUT2D eigenvalue weighted by molar-refractivity contribution is -0.180. The molecule has 2 atom stereocenters. The SMILES string of the molecule is CCOC1CC(N)(C(=O)N2CCC(NC(=O)c3ccsc3)CC2)C1(C)C.Cl. The summed E-state index contributed by atoms with van der Waals surface area (Å²) < 4.78 is 5.72. The van der Waals surface area contributed by atoms with E-state index in [2.05, 4.69) is 5.32 Å². The summed E-state index contributed by atoms with van der Waals surface area (Å²) in [6, 6.07) is 1.93. The van der Waals surface area contributed by atoms with Crippen molar-refractivity contribution < 1.29 is 14.3 Å². The summed E-state index contributed by atoms with van der Waals surface area (Å²) in [5.74, 6) is -0.0212. The number of carbonyl (C=O) groups excluding carboxylic acids is 2. The van der Waals surface area contributed by atoms with Crippen LogP contribution in [-0.4, -0.2) is 54.1 Å². The summed E-state index contributed by atoms with van der Waals surface area (Å²) in [4.78, 5) is 27.1. The zero-order valence-corrected chi connectivity index (χ0v) is 17.8. The summed E-state index contributed by atoms with van der Waals surface area (Å²) >= 11 is 1.51. The Morgan fingerprint density at radius 1 is 1.37 bits per heavy atom. The van der Waals surface area contributed by atoms with Crippen LogP contribution in [0.3, 0.4) is 0 Å². The predicted molar refractivity (Wildman–Crippen MR) is 109 cm³/mol. The van der Waals surface area contributed by atoms with Gasteiger partial charge in [0, 0.05) is 48.5 Å². The molecule has 2 unspecified atom stereocenters. The Morgan fingerprint density at radius 3 is 2.56 bits per heavy atom. The highest BCUT2D eigenvalue weighted by atomic mass is 35.5. The van der Waals surface area contributed by atoms with E-state index in [1.807, 2.05) is 42.5 Å². The average Bonchev–Trinajstić information content (AvgIpc) is 3.16. The van der Waals surface area contributed by atoms with Crippen LogP contribution in [0.15, 0.2) is 16.8 Å². The van der Waals surface area contributed by atoms with Crippen LogP contribution >= 0.6 is 23.7 Å². The molecule has 8 heteroatoms. The molecule has 6 nitrogen and oxygen atoms in total. The summed E-state index contributed by atoms with van der Waals surface area (Å²) in [5, 5.41) is 6.81. The number of amides is 2. The van der Waals surface area contributed by atoms with E-state index < -0.39 is 5.54 Å². The minimum Gasteiger partial charge on any atom is -0.378 e. The fraction of sp³-hybridized carbons (Fsp3) is 0.684. The zero-order valence-electron chi connectivity index (χ0n) is 16.2. The van der Waals surface area contributed by atoms with E-state index >= 15 is 0 Å². The number of piperidine rings is 1. The van der Waals surface area contributed by atoms with Gasteiger partial charge in [-0.05, 0) is 31.2 Å². The first-order chi connectivity index (χ1) is 12.3. The Labute approximate surface area is 171 Å². The molecule has 0 spiro atoms. The molecule has 1 aliphatic heterocycles. The highest BCUT2D eigenvalue weighted by molar-refractivity contribution is 7.08. The monoisotopic (exact) mass is 415 g/mol. The number of rotatable bonds is 5. The van der Waals surface area contributed by atoms with Crippen LogP contribution in [0.4, 0.5) is 0 Å². The third kappa shape index (κ3) is 4.01. The Hall–Kier alpha value is -1.15. The minimum atomic E-state index is -0.862. The summed E-state index contributed by atoms with van der Waals surface area (Å²) in [6.45, 7) is 7.88. The van der Waals surface area contributed by atoms with Gasteiger partial charge in [-0.2, -0.15) is 11.3 Å². The summed E-state index contributed by atoms with van der Waals surface area (Å²) in [7, 11) is 0. The van der Waals surface area contributed by atoms with Gasteiger partial charge in [0.25, 0.3) is 5.91 Å². The molecule has 2 heterocycles. The molecule has 1 aliphatic carbocycles. The van der Waals surface area contributed by atoms with Gasteiger partial charge in [-0.25, -0.2) is 0 Å². The third-order valence-corrected chi connectivity index (χ3v) is 6.80. The number of hydrogen-bond donors (Lipinski definition) is 2. The van der Waals surface area contributed by atoms with E-state index in [0.29, 0.717) is 31.7 Å². The Morgan fingerprint density at radius 2 is 2.04 bits per heavy atom. The van der Waals surface area contributed by atoms with Crippen molar-refractivity contribution in [2.75, 3.05) is 19.7 Å². The highest BCUT2D eigenvalue weighted by Gasteiger charge is 2.63. The van der Waals surface area contributed by atoms with Crippen LogP contribution in [0, 0.1) is 5.41 Å². The maximum Gasteiger partial charge on any atom is 0.252 e. The van der Waals surface area contributed by atoms with Crippen molar-refractivity contribution in [3.63, 3.8) is 0 Å². The first kappa shape index (κ1) is 22.1. The molecule has 1 saturated carbocycles. The highest BCUT2D eigenvalue weighted by Crippen LogP contribution is 2.50. The van der Waals surface area contributed by atoms with Gasteiger partial charge in [-0.3, -0.25) is 9.59 Å². The molecule has 1 aromatic heterocycles. The predicted octanol–water partition coefficient (Wildman–Crippen LogP) is 2.42. The number of nitrogens with two attached hydrogens (primary N) is 1. The maximum absolute atomic E-state index is 13.0. The van der Waals surface area contributed by atoms with Crippen molar-refractivity contribution in [3.05, 3.63) is 22.4 Å². The van der Waals surface area contributed by atoms with Gasteiger partial charge in [-0.1, -0.05) is 13.8 Å². The number of thiophene rings is 1.